The van der Waals surface area contributed by atoms with Crippen LogP contribution in [0.5, 0.6) is 0 Å². The summed E-state index contributed by atoms with van der Waals surface area (Å²) in [4.78, 5) is 15.8. The first-order valence-corrected chi connectivity index (χ1v) is 11.0. The van der Waals surface area contributed by atoms with E-state index in [-0.39, 0.29) is 23.6 Å². The molecule has 1 heterocycles. The Morgan fingerprint density at radius 2 is 1.35 bits per heavy atom. The van der Waals surface area contributed by atoms with E-state index in [9.17, 15) is 13.6 Å². The van der Waals surface area contributed by atoms with Gasteiger partial charge in [0, 0.05) is 32.6 Å². The van der Waals surface area contributed by atoms with Crippen molar-refractivity contribution in [1.29, 1.82) is 0 Å². The molecule has 7 heteroatoms. The standard InChI is InChI=1S/C24H31F2N3O2/c25-21-10-6-19(7-11-21)24(20-8-12-22(26)13-9-20)29-17-15-28(16-18-29)14-4-2-1-3-5-23(30)27-31/h6-13,24,31H,1-5,14-18H2,(H,27,30). The fourth-order valence-electron chi connectivity index (χ4n) is 4.18. The first-order valence-electron chi connectivity index (χ1n) is 11.0. The third-order valence-electron chi connectivity index (χ3n) is 5.90. The summed E-state index contributed by atoms with van der Waals surface area (Å²) in [5.74, 6) is -0.847. The minimum absolute atomic E-state index is 0.0268. The summed E-state index contributed by atoms with van der Waals surface area (Å²) in [5, 5.41) is 8.49. The van der Waals surface area contributed by atoms with Crippen molar-refractivity contribution < 1.29 is 18.8 Å². The minimum Gasteiger partial charge on any atom is -0.301 e. The third-order valence-corrected chi connectivity index (χ3v) is 5.90. The average Bonchev–Trinajstić information content (AvgIpc) is 2.79. The number of nitrogens with zero attached hydrogens (tertiary/aromatic N) is 2. The summed E-state index contributed by atoms with van der Waals surface area (Å²) in [6.45, 7) is 4.70. The van der Waals surface area contributed by atoms with Gasteiger partial charge in [-0.3, -0.25) is 14.9 Å². The number of halogens is 2. The molecule has 5 nitrogen and oxygen atoms in total. The van der Waals surface area contributed by atoms with E-state index in [4.69, 9.17) is 5.21 Å². The maximum atomic E-state index is 13.5. The summed E-state index contributed by atoms with van der Waals surface area (Å²) in [6.07, 6.45) is 4.28. The zero-order chi connectivity index (χ0) is 22.1. The van der Waals surface area contributed by atoms with Gasteiger partial charge in [-0.1, -0.05) is 37.1 Å². The zero-order valence-corrected chi connectivity index (χ0v) is 17.8. The van der Waals surface area contributed by atoms with Gasteiger partial charge in [0.1, 0.15) is 11.6 Å². The van der Waals surface area contributed by atoms with Crippen LogP contribution in [0.2, 0.25) is 0 Å². The Balaban J connectivity index is 1.52. The first-order chi connectivity index (χ1) is 15.1. The van der Waals surface area contributed by atoms with Crippen LogP contribution in [0.4, 0.5) is 8.78 Å². The molecule has 1 saturated heterocycles. The van der Waals surface area contributed by atoms with Crippen molar-refractivity contribution in [3.05, 3.63) is 71.3 Å². The lowest BCUT2D eigenvalue weighted by atomic mass is 9.96. The fourth-order valence-corrected chi connectivity index (χ4v) is 4.18. The Hall–Kier alpha value is -2.35. The summed E-state index contributed by atoms with van der Waals surface area (Å²) >= 11 is 0. The topological polar surface area (TPSA) is 55.8 Å². The van der Waals surface area contributed by atoms with Gasteiger partial charge < -0.3 is 4.90 Å². The molecule has 0 aromatic heterocycles. The van der Waals surface area contributed by atoms with Crippen molar-refractivity contribution in [2.75, 3.05) is 32.7 Å². The number of hydroxylamine groups is 1. The van der Waals surface area contributed by atoms with Gasteiger partial charge in [0.05, 0.1) is 6.04 Å². The highest BCUT2D eigenvalue weighted by Gasteiger charge is 2.26. The maximum Gasteiger partial charge on any atom is 0.243 e. The Kier molecular flexibility index (Phi) is 8.94. The number of benzene rings is 2. The second-order valence-electron chi connectivity index (χ2n) is 8.08. The summed E-state index contributed by atoms with van der Waals surface area (Å²) in [5.41, 5.74) is 3.68. The molecule has 0 radical (unpaired) electrons. The van der Waals surface area contributed by atoms with E-state index >= 15 is 0 Å². The van der Waals surface area contributed by atoms with E-state index in [2.05, 4.69) is 9.80 Å². The van der Waals surface area contributed by atoms with Crippen molar-refractivity contribution >= 4 is 5.91 Å². The average molecular weight is 432 g/mol. The van der Waals surface area contributed by atoms with Crippen molar-refractivity contribution in [2.45, 2.75) is 38.1 Å². The molecule has 2 N–H and O–H groups in total. The van der Waals surface area contributed by atoms with Gasteiger partial charge in [-0.25, -0.2) is 14.3 Å². The molecule has 0 saturated carbocycles. The quantitative estimate of drug-likeness (QED) is 0.337. The Morgan fingerprint density at radius 1 is 0.839 bits per heavy atom. The molecule has 0 atom stereocenters. The van der Waals surface area contributed by atoms with E-state index in [1.807, 2.05) is 24.3 Å². The molecular formula is C24H31F2N3O2. The van der Waals surface area contributed by atoms with Crippen LogP contribution in [0.1, 0.15) is 49.3 Å². The van der Waals surface area contributed by atoms with Crippen LogP contribution in [0.3, 0.4) is 0 Å². The lowest BCUT2D eigenvalue weighted by Gasteiger charge is -2.40. The van der Waals surface area contributed by atoms with Gasteiger partial charge in [0.2, 0.25) is 5.91 Å². The molecule has 1 aliphatic rings. The van der Waals surface area contributed by atoms with Crippen LogP contribution in [-0.2, 0) is 4.79 Å². The number of hydrogen-bond acceptors (Lipinski definition) is 4. The number of hydrogen-bond donors (Lipinski definition) is 2. The van der Waals surface area contributed by atoms with Gasteiger partial charge in [-0.05, 0) is 54.8 Å². The van der Waals surface area contributed by atoms with E-state index in [0.29, 0.717) is 6.42 Å². The van der Waals surface area contributed by atoms with Gasteiger partial charge in [-0.2, -0.15) is 0 Å². The molecule has 0 aliphatic carbocycles. The second-order valence-corrected chi connectivity index (χ2v) is 8.08. The highest BCUT2D eigenvalue weighted by atomic mass is 19.1. The monoisotopic (exact) mass is 431 g/mol. The molecule has 3 rings (SSSR count). The number of nitrogens with one attached hydrogen (secondary N) is 1. The lowest BCUT2D eigenvalue weighted by Crippen LogP contribution is -2.48. The minimum atomic E-state index is -0.326. The highest BCUT2D eigenvalue weighted by molar-refractivity contribution is 5.74. The molecule has 1 amide bonds. The highest BCUT2D eigenvalue weighted by Crippen LogP contribution is 2.30. The number of rotatable bonds is 10. The number of piperazine rings is 1. The van der Waals surface area contributed by atoms with Crippen LogP contribution in [0, 0.1) is 11.6 Å². The zero-order valence-electron chi connectivity index (χ0n) is 17.8. The molecule has 0 bridgehead atoms. The summed E-state index contributed by atoms with van der Waals surface area (Å²) in [7, 11) is 0. The van der Waals surface area contributed by atoms with Gasteiger partial charge in [-0.15, -0.1) is 0 Å². The van der Waals surface area contributed by atoms with Crippen molar-refractivity contribution in [3.63, 3.8) is 0 Å². The van der Waals surface area contributed by atoms with Crippen molar-refractivity contribution in [3.8, 4) is 0 Å². The summed E-state index contributed by atoms with van der Waals surface area (Å²) in [6, 6.07) is 13.1. The van der Waals surface area contributed by atoms with Gasteiger partial charge in [0.15, 0.2) is 0 Å². The Morgan fingerprint density at radius 3 is 1.87 bits per heavy atom. The largest absolute Gasteiger partial charge is 0.301 e. The molecule has 2 aromatic rings. The number of amides is 1. The van der Waals surface area contributed by atoms with Crippen LogP contribution in [0.15, 0.2) is 48.5 Å². The molecule has 0 spiro atoms. The molecule has 1 fully saturated rings. The molecule has 0 unspecified atom stereocenters. The van der Waals surface area contributed by atoms with E-state index in [1.54, 1.807) is 5.48 Å². The molecule has 31 heavy (non-hydrogen) atoms. The normalized spacial score (nSPS) is 15.4. The predicted octanol–water partition coefficient (Wildman–Crippen LogP) is 4.13. The first kappa shape index (κ1) is 23.3. The molecule has 1 aliphatic heterocycles. The maximum absolute atomic E-state index is 13.5. The van der Waals surface area contributed by atoms with Crippen molar-refractivity contribution in [2.24, 2.45) is 0 Å². The van der Waals surface area contributed by atoms with Crippen molar-refractivity contribution in [1.82, 2.24) is 15.3 Å². The Labute approximate surface area is 182 Å². The third kappa shape index (κ3) is 7.09. The van der Waals surface area contributed by atoms with E-state index < -0.39 is 0 Å². The second kappa shape index (κ2) is 11.9. The molecule has 2 aromatic carbocycles. The smallest absolute Gasteiger partial charge is 0.243 e. The van der Waals surface area contributed by atoms with E-state index in [1.165, 1.54) is 24.3 Å². The number of carbonyl (C=O) groups is 1. The molecular weight excluding hydrogens is 400 g/mol. The fraction of sp³-hybridized carbons (Fsp3) is 0.458. The number of unbranched alkanes of at least 4 members (excludes halogenated alkanes) is 3. The number of carbonyl (C=O) groups excluding carboxylic acids is 1. The lowest BCUT2D eigenvalue weighted by molar-refractivity contribution is -0.129. The molecule has 168 valence electrons. The van der Waals surface area contributed by atoms with Crippen LogP contribution >= 0.6 is 0 Å². The predicted molar refractivity (Wildman–Crippen MR) is 116 cm³/mol. The SMILES string of the molecule is O=C(CCCCCCN1CCN(C(c2ccc(F)cc2)c2ccc(F)cc2)CC1)NO. The van der Waals surface area contributed by atoms with Crippen LogP contribution in [0.25, 0.3) is 0 Å². The van der Waals surface area contributed by atoms with Crippen LogP contribution < -0.4 is 5.48 Å². The van der Waals surface area contributed by atoms with E-state index in [0.717, 1.165) is 69.5 Å². The Bertz CT molecular complexity index is 761. The van der Waals surface area contributed by atoms with Crippen LogP contribution in [-0.4, -0.2) is 53.6 Å². The summed E-state index contributed by atoms with van der Waals surface area (Å²) < 4.78 is 26.9. The van der Waals surface area contributed by atoms with Gasteiger partial charge in [0.25, 0.3) is 0 Å². The van der Waals surface area contributed by atoms with Gasteiger partial charge >= 0.3 is 0 Å².